The Bertz CT molecular complexity index is 1030. The molecule has 0 aromatic heterocycles. The van der Waals surface area contributed by atoms with E-state index in [2.05, 4.69) is 16.0 Å². The number of hydrogen-bond acceptors (Lipinski definition) is 4. The first-order chi connectivity index (χ1) is 15.6. The van der Waals surface area contributed by atoms with Crippen molar-refractivity contribution in [1.29, 1.82) is 0 Å². The summed E-state index contributed by atoms with van der Waals surface area (Å²) >= 11 is 0. The van der Waals surface area contributed by atoms with E-state index in [1.165, 1.54) is 12.1 Å². The van der Waals surface area contributed by atoms with E-state index in [0.717, 1.165) is 38.2 Å². The number of anilines is 3. The van der Waals surface area contributed by atoms with Gasteiger partial charge in [-0.15, -0.1) is 0 Å². The fraction of sp³-hybridized carbons (Fsp3) is 0.400. The number of rotatable bonds is 5. The number of nitrogens with one attached hydrogen (secondary N) is 3. The van der Waals surface area contributed by atoms with E-state index in [9.17, 15) is 18.8 Å². The summed E-state index contributed by atoms with van der Waals surface area (Å²) in [5.41, 5.74) is 0.329. The van der Waals surface area contributed by atoms with Crippen LogP contribution in [0.5, 0.6) is 0 Å². The standard InChI is InChI=1S/C25H30FN3O4/c1-25(2,3)33-24(32)29-21-15-19(12-13-20(21)26)28-23(31)17-10-7-11-18(14-17)27-22(30)16-8-5-4-6-9-16/h7,10-16H,4-6,8-9H2,1-3H3,(H,27,30)(H,28,31)(H,29,32). The van der Waals surface area contributed by atoms with Crippen LogP contribution >= 0.6 is 0 Å². The van der Waals surface area contributed by atoms with Crippen LogP contribution in [0.15, 0.2) is 42.5 Å². The van der Waals surface area contributed by atoms with Crippen molar-refractivity contribution in [2.24, 2.45) is 5.92 Å². The molecule has 0 bridgehead atoms. The van der Waals surface area contributed by atoms with Gasteiger partial charge in [0.2, 0.25) is 5.91 Å². The topological polar surface area (TPSA) is 96.5 Å². The lowest BCUT2D eigenvalue weighted by Crippen LogP contribution is -2.27. The van der Waals surface area contributed by atoms with Crippen molar-refractivity contribution >= 4 is 35.0 Å². The number of carbonyl (C=O) groups is 3. The van der Waals surface area contributed by atoms with E-state index in [1.54, 1.807) is 45.0 Å². The number of carbonyl (C=O) groups excluding carboxylic acids is 3. The molecule has 0 heterocycles. The Labute approximate surface area is 193 Å². The minimum absolute atomic E-state index is 0.00587. The molecule has 0 aliphatic heterocycles. The molecule has 1 aliphatic carbocycles. The van der Waals surface area contributed by atoms with E-state index in [-0.39, 0.29) is 17.5 Å². The maximum atomic E-state index is 14.1. The number of benzene rings is 2. The van der Waals surface area contributed by atoms with Crippen LogP contribution in [0.2, 0.25) is 0 Å². The molecule has 3 rings (SSSR count). The van der Waals surface area contributed by atoms with Gasteiger partial charge in [0.05, 0.1) is 5.69 Å². The Morgan fingerprint density at radius 3 is 2.30 bits per heavy atom. The van der Waals surface area contributed by atoms with Gasteiger partial charge in [-0.3, -0.25) is 14.9 Å². The van der Waals surface area contributed by atoms with Crippen molar-refractivity contribution < 1.29 is 23.5 Å². The van der Waals surface area contributed by atoms with Crippen LogP contribution in [0, 0.1) is 11.7 Å². The molecule has 3 amide bonds. The van der Waals surface area contributed by atoms with Gasteiger partial charge in [0.25, 0.3) is 5.91 Å². The molecule has 0 radical (unpaired) electrons. The summed E-state index contributed by atoms with van der Waals surface area (Å²) in [6, 6.07) is 10.5. The second-order valence-corrected chi connectivity index (χ2v) is 9.18. The highest BCUT2D eigenvalue weighted by Crippen LogP contribution is 2.25. The average Bonchev–Trinajstić information content (AvgIpc) is 2.75. The Kier molecular flexibility index (Phi) is 7.68. The van der Waals surface area contributed by atoms with E-state index >= 15 is 0 Å². The quantitative estimate of drug-likeness (QED) is 0.519. The third-order valence-electron chi connectivity index (χ3n) is 5.23. The molecule has 1 saturated carbocycles. The summed E-state index contributed by atoms with van der Waals surface area (Å²) in [5.74, 6) is -1.11. The average molecular weight is 456 g/mol. The fourth-order valence-electron chi connectivity index (χ4n) is 3.66. The lowest BCUT2D eigenvalue weighted by atomic mass is 9.88. The largest absolute Gasteiger partial charge is 0.444 e. The van der Waals surface area contributed by atoms with Gasteiger partial charge in [0.15, 0.2) is 0 Å². The van der Waals surface area contributed by atoms with Crippen molar-refractivity contribution in [2.75, 3.05) is 16.0 Å². The molecule has 0 atom stereocenters. The maximum absolute atomic E-state index is 14.1. The third kappa shape index (κ3) is 7.30. The van der Waals surface area contributed by atoms with Crippen LogP contribution in [0.4, 0.5) is 26.2 Å². The predicted molar refractivity (Wildman–Crippen MR) is 126 cm³/mol. The van der Waals surface area contributed by atoms with E-state index in [1.807, 2.05) is 0 Å². The van der Waals surface area contributed by atoms with Crippen LogP contribution in [-0.2, 0) is 9.53 Å². The summed E-state index contributed by atoms with van der Waals surface area (Å²) in [7, 11) is 0. The number of halogens is 1. The second kappa shape index (κ2) is 10.5. The number of ether oxygens (including phenoxy) is 1. The zero-order valence-corrected chi connectivity index (χ0v) is 19.2. The summed E-state index contributed by atoms with van der Waals surface area (Å²) in [5, 5.41) is 7.93. The molecule has 3 N–H and O–H groups in total. The first-order valence-electron chi connectivity index (χ1n) is 11.1. The monoisotopic (exact) mass is 455 g/mol. The van der Waals surface area contributed by atoms with Crippen molar-refractivity contribution in [3.63, 3.8) is 0 Å². The van der Waals surface area contributed by atoms with E-state index < -0.39 is 23.4 Å². The highest BCUT2D eigenvalue weighted by Gasteiger charge is 2.21. The molecule has 33 heavy (non-hydrogen) atoms. The summed E-state index contributed by atoms with van der Waals surface area (Å²) in [6.07, 6.45) is 4.25. The van der Waals surface area contributed by atoms with E-state index in [4.69, 9.17) is 4.74 Å². The highest BCUT2D eigenvalue weighted by molar-refractivity contribution is 6.05. The SMILES string of the molecule is CC(C)(C)OC(=O)Nc1cc(NC(=O)c2cccc(NC(=O)C3CCCCC3)c2)ccc1F. The molecule has 176 valence electrons. The van der Waals surface area contributed by atoms with Crippen molar-refractivity contribution in [3.05, 3.63) is 53.8 Å². The maximum Gasteiger partial charge on any atom is 0.412 e. The van der Waals surface area contributed by atoms with Crippen LogP contribution in [0.3, 0.4) is 0 Å². The summed E-state index contributed by atoms with van der Waals surface area (Å²) in [6.45, 7) is 5.10. The molecule has 2 aromatic rings. The number of hydrogen-bond donors (Lipinski definition) is 3. The first-order valence-corrected chi connectivity index (χ1v) is 11.1. The molecule has 0 unspecified atom stereocenters. The Balaban J connectivity index is 1.65. The van der Waals surface area contributed by atoms with Crippen molar-refractivity contribution in [1.82, 2.24) is 0 Å². The Morgan fingerprint density at radius 1 is 0.909 bits per heavy atom. The van der Waals surface area contributed by atoms with Crippen LogP contribution in [0.25, 0.3) is 0 Å². The van der Waals surface area contributed by atoms with Gasteiger partial charge in [-0.1, -0.05) is 25.3 Å². The molecular weight excluding hydrogens is 425 g/mol. The van der Waals surface area contributed by atoms with Gasteiger partial charge in [0.1, 0.15) is 11.4 Å². The smallest absolute Gasteiger partial charge is 0.412 e. The van der Waals surface area contributed by atoms with Crippen molar-refractivity contribution in [3.8, 4) is 0 Å². The zero-order valence-electron chi connectivity index (χ0n) is 19.2. The molecule has 0 spiro atoms. The van der Waals surface area contributed by atoms with Gasteiger partial charge in [0, 0.05) is 22.9 Å². The minimum atomic E-state index is -0.800. The fourth-order valence-corrected chi connectivity index (χ4v) is 3.66. The van der Waals surface area contributed by atoms with Crippen LogP contribution in [0.1, 0.15) is 63.2 Å². The van der Waals surface area contributed by atoms with E-state index in [0.29, 0.717) is 16.9 Å². The third-order valence-corrected chi connectivity index (χ3v) is 5.23. The number of amides is 3. The lowest BCUT2D eigenvalue weighted by molar-refractivity contribution is -0.120. The first kappa shape index (κ1) is 24.2. The minimum Gasteiger partial charge on any atom is -0.444 e. The normalized spacial score (nSPS) is 14.3. The van der Waals surface area contributed by atoms with Gasteiger partial charge in [-0.2, -0.15) is 0 Å². The van der Waals surface area contributed by atoms with Gasteiger partial charge in [-0.25, -0.2) is 9.18 Å². The zero-order chi connectivity index (χ0) is 24.0. The van der Waals surface area contributed by atoms with Crippen LogP contribution < -0.4 is 16.0 Å². The van der Waals surface area contributed by atoms with Gasteiger partial charge >= 0.3 is 6.09 Å². The predicted octanol–water partition coefficient (Wildman–Crippen LogP) is 5.94. The molecule has 7 nitrogen and oxygen atoms in total. The lowest BCUT2D eigenvalue weighted by Gasteiger charge is -2.20. The molecule has 8 heteroatoms. The molecule has 0 saturated heterocycles. The summed E-state index contributed by atoms with van der Waals surface area (Å²) in [4.78, 5) is 37.2. The highest BCUT2D eigenvalue weighted by atomic mass is 19.1. The Morgan fingerprint density at radius 2 is 1.61 bits per heavy atom. The van der Waals surface area contributed by atoms with Crippen LogP contribution in [-0.4, -0.2) is 23.5 Å². The molecule has 1 aliphatic rings. The second-order valence-electron chi connectivity index (χ2n) is 9.18. The summed E-state index contributed by atoms with van der Waals surface area (Å²) < 4.78 is 19.3. The molecule has 1 fully saturated rings. The van der Waals surface area contributed by atoms with Gasteiger partial charge < -0.3 is 15.4 Å². The molecule has 2 aromatic carbocycles. The molecular formula is C25H30FN3O4. The van der Waals surface area contributed by atoms with Gasteiger partial charge in [-0.05, 0) is 70.0 Å². The van der Waals surface area contributed by atoms with Crippen molar-refractivity contribution in [2.45, 2.75) is 58.5 Å². The Hall–Kier alpha value is -3.42.